The standard InChI is InChI=1S/C14H15BrN4O2S/c15-8-3-4-11-10(6-8)12(13(20)17-11)18-19-14(22)16-7-9-2-1-5-21-9/h3-4,6,9,17,20H,1-2,5,7H2,(H,16,22)/t9-/m1/s1. The van der Waals surface area contributed by atoms with Gasteiger partial charge >= 0.3 is 0 Å². The SMILES string of the molecule is Oc1[nH]c2ccc(Br)cc2c1N=NC(=S)NC[C@H]1CCCO1. The zero-order valence-electron chi connectivity index (χ0n) is 11.7. The van der Waals surface area contributed by atoms with E-state index in [1.54, 1.807) is 0 Å². The molecule has 0 unspecified atom stereocenters. The lowest BCUT2D eigenvalue weighted by Crippen LogP contribution is -2.29. The zero-order chi connectivity index (χ0) is 15.5. The van der Waals surface area contributed by atoms with Gasteiger partial charge in [0, 0.05) is 23.0 Å². The fraction of sp³-hybridized carbons (Fsp3) is 0.357. The molecule has 0 saturated carbocycles. The first-order valence-electron chi connectivity index (χ1n) is 6.95. The molecule has 3 rings (SSSR count). The van der Waals surface area contributed by atoms with Crippen LogP contribution in [-0.4, -0.2) is 34.5 Å². The molecule has 1 fully saturated rings. The van der Waals surface area contributed by atoms with Gasteiger partial charge in [-0.3, -0.25) is 0 Å². The second-order valence-corrected chi connectivity index (χ2v) is 6.34. The minimum atomic E-state index is -0.0289. The number of fused-ring (bicyclic) bond motifs is 1. The van der Waals surface area contributed by atoms with Gasteiger partial charge in [0.25, 0.3) is 0 Å². The average Bonchev–Trinajstić information content (AvgIpc) is 3.10. The molecule has 2 heterocycles. The third kappa shape index (κ3) is 3.45. The number of ether oxygens (including phenoxy) is 1. The minimum absolute atomic E-state index is 0.0289. The van der Waals surface area contributed by atoms with E-state index in [-0.39, 0.29) is 17.1 Å². The normalized spacial score (nSPS) is 18.3. The number of H-pyrrole nitrogens is 1. The van der Waals surface area contributed by atoms with E-state index in [4.69, 9.17) is 17.0 Å². The number of nitrogens with zero attached hydrogens (tertiary/aromatic N) is 2. The number of aromatic hydroxyl groups is 1. The van der Waals surface area contributed by atoms with E-state index in [9.17, 15) is 5.11 Å². The molecule has 1 aromatic carbocycles. The van der Waals surface area contributed by atoms with Crippen molar-refractivity contribution in [1.29, 1.82) is 0 Å². The summed E-state index contributed by atoms with van der Waals surface area (Å²) in [6, 6.07) is 5.60. The molecule has 3 N–H and O–H groups in total. The molecule has 8 heteroatoms. The van der Waals surface area contributed by atoms with E-state index in [1.807, 2.05) is 18.2 Å². The zero-order valence-corrected chi connectivity index (χ0v) is 14.1. The predicted molar refractivity (Wildman–Crippen MR) is 91.8 cm³/mol. The molecule has 1 aromatic heterocycles. The Morgan fingerprint density at radius 1 is 1.55 bits per heavy atom. The minimum Gasteiger partial charge on any atom is -0.493 e. The number of aromatic nitrogens is 1. The van der Waals surface area contributed by atoms with Crippen LogP contribution < -0.4 is 5.32 Å². The molecule has 2 aromatic rings. The van der Waals surface area contributed by atoms with Crippen LogP contribution in [0.15, 0.2) is 32.9 Å². The number of rotatable bonds is 3. The molecule has 0 amide bonds. The second-order valence-electron chi connectivity index (χ2n) is 5.03. The van der Waals surface area contributed by atoms with Gasteiger partial charge in [0.05, 0.1) is 11.6 Å². The number of benzene rings is 1. The van der Waals surface area contributed by atoms with E-state index in [0.717, 1.165) is 34.8 Å². The Morgan fingerprint density at radius 2 is 2.41 bits per heavy atom. The number of aromatic amines is 1. The van der Waals surface area contributed by atoms with Crippen molar-refractivity contribution < 1.29 is 9.84 Å². The van der Waals surface area contributed by atoms with Crippen LogP contribution >= 0.6 is 28.1 Å². The number of nitrogens with one attached hydrogen (secondary N) is 2. The summed E-state index contributed by atoms with van der Waals surface area (Å²) < 4.78 is 6.40. The van der Waals surface area contributed by atoms with Crippen LogP contribution in [-0.2, 0) is 4.74 Å². The van der Waals surface area contributed by atoms with Crippen LogP contribution in [0, 0.1) is 0 Å². The predicted octanol–water partition coefficient (Wildman–Crippen LogP) is 3.77. The van der Waals surface area contributed by atoms with E-state index < -0.39 is 0 Å². The number of halogens is 1. The van der Waals surface area contributed by atoms with Crippen molar-refractivity contribution >= 4 is 49.9 Å². The lowest BCUT2D eigenvalue weighted by molar-refractivity contribution is 0.114. The molecule has 1 aliphatic rings. The molecule has 1 aliphatic heterocycles. The molecule has 116 valence electrons. The first-order chi connectivity index (χ1) is 10.6. The highest BCUT2D eigenvalue weighted by Gasteiger charge is 2.15. The summed E-state index contributed by atoms with van der Waals surface area (Å²) in [5, 5.41) is 22.0. The maximum absolute atomic E-state index is 9.93. The summed E-state index contributed by atoms with van der Waals surface area (Å²) in [5.41, 5.74) is 1.16. The largest absolute Gasteiger partial charge is 0.493 e. The fourth-order valence-electron chi connectivity index (χ4n) is 2.37. The average molecular weight is 383 g/mol. The molecule has 6 nitrogen and oxygen atoms in total. The van der Waals surface area contributed by atoms with Crippen molar-refractivity contribution in [3.8, 4) is 5.88 Å². The van der Waals surface area contributed by atoms with Crippen LogP contribution in [0.5, 0.6) is 5.88 Å². The number of hydrogen-bond donors (Lipinski definition) is 3. The molecule has 0 bridgehead atoms. The third-order valence-corrected chi connectivity index (χ3v) is 4.18. The number of thiocarbonyl (C=S) groups is 1. The summed E-state index contributed by atoms with van der Waals surface area (Å²) in [6.07, 6.45) is 2.30. The first kappa shape index (κ1) is 15.4. The highest BCUT2D eigenvalue weighted by atomic mass is 79.9. The van der Waals surface area contributed by atoms with Crippen molar-refractivity contribution in [2.24, 2.45) is 10.2 Å². The van der Waals surface area contributed by atoms with Crippen molar-refractivity contribution in [3.05, 3.63) is 22.7 Å². The molecular weight excluding hydrogens is 368 g/mol. The van der Waals surface area contributed by atoms with E-state index in [0.29, 0.717) is 12.2 Å². The van der Waals surface area contributed by atoms with Gasteiger partial charge in [-0.25, -0.2) is 0 Å². The van der Waals surface area contributed by atoms with E-state index >= 15 is 0 Å². The van der Waals surface area contributed by atoms with Crippen LogP contribution in [0.4, 0.5) is 5.69 Å². The lowest BCUT2D eigenvalue weighted by Gasteiger charge is -2.09. The fourth-order valence-corrected chi connectivity index (χ4v) is 2.86. The van der Waals surface area contributed by atoms with Crippen LogP contribution in [0.1, 0.15) is 12.8 Å². The number of hydrogen-bond acceptors (Lipinski definition) is 4. The van der Waals surface area contributed by atoms with Crippen LogP contribution in [0.2, 0.25) is 0 Å². The Labute approximate surface area is 141 Å². The van der Waals surface area contributed by atoms with Gasteiger partial charge in [-0.1, -0.05) is 15.9 Å². The molecule has 22 heavy (non-hydrogen) atoms. The summed E-state index contributed by atoms with van der Waals surface area (Å²) in [4.78, 5) is 2.85. The van der Waals surface area contributed by atoms with Gasteiger partial charge in [-0.05, 0) is 43.3 Å². The van der Waals surface area contributed by atoms with E-state index in [2.05, 4.69) is 36.5 Å². The molecule has 0 spiro atoms. The summed E-state index contributed by atoms with van der Waals surface area (Å²) >= 11 is 8.52. The molecule has 0 radical (unpaired) electrons. The molecular formula is C14H15BrN4O2S. The molecule has 0 aliphatic carbocycles. The first-order valence-corrected chi connectivity index (χ1v) is 8.15. The highest BCUT2D eigenvalue weighted by Crippen LogP contribution is 2.36. The van der Waals surface area contributed by atoms with Gasteiger partial charge in [-0.15, -0.1) is 10.2 Å². The van der Waals surface area contributed by atoms with Gasteiger partial charge in [0.2, 0.25) is 11.0 Å². The summed E-state index contributed by atoms with van der Waals surface area (Å²) in [7, 11) is 0. The third-order valence-electron chi connectivity index (χ3n) is 3.46. The van der Waals surface area contributed by atoms with Crippen LogP contribution in [0.3, 0.4) is 0 Å². The maximum atomic E-state index is 9.93. The Morgan fingerprint density at radius 3 is 3.18 bits per heavy atom. The van der Waals surface area contributed by atoms with Crippen molar-refractivity contribution in [1.82, 2.24) is 10.3 Å². The van der Waals surface area contributed by atoms with Gasteiger partial charge in [0.15, 0.2) is 5.69 Å². The Balaban J connectivity index is 1.70. The quantitative estimate of drug-likeness (QED) is 0.557. The van der Waals surface area contributed by atoms with Crippen LogP contribution in [0.25, 0.3) is 10.9 Å². The smallest absolute Gasteiger partial charge is 0.218 e. The highest BCUT2D eigenvalue weighted by molar-refractivity contribution is 9.10. The van der Waals surface area contributed by atoms with Gasteiger partial charge in [-0.2, -0.15) is 0 Å². The lowest BCUT2D eigenvalue weighted by atomic mass is 10.2. The molecule has 1 saturated heterocycles. The summed E-state index contributed by atoms with van der Waals surface area (Å²) in [6.45, 7) is 1.43. The maximum Gasteiger partial charge on any atom is 0.218 e. The second kappa shape index (κ2) is 6.72. The Bertz CT molecular complexity index is 725. The van der Waals surface area contributed by atoms with E-state index in [1.165, 1.54) is 0 Å². The number of azo groups is 1. The van der Waals surface area contributed by atoms with Crippen molar-refractivity contribution in [2.75, 3.05) is 13.2 Å². The van der Waals surface area contributed by atoms with Gasteiger partial charge < -0.3 is 20.1 Å². The van der Waals surface area contributed by atoms with Crippen molar-refractivity contribution in [2.45, 2.75) is 18.9 Å². The Hall–Kier alpha value is -1.51. The van der Waals surface area contributed by atoms with Crippen molar-refractivity contribution in [3.63, 3.8) is 0 Å². The van der Waals surface area contributed by atoms with Gasteiger partial charge in [0.1, 0.15) is 0 Å². The molecule has 1 atom stereocenters. The summed E-state index contributed by atoms with van der Waals surface area (Å²) in [5.74, 6) is -0.0289. The monoisotopic (exact) mass is 382 g/mol. The Kier molecular flexibility index (Phi) is 4.70. The topological polar surface area (TPSA) is 82.0 Å².